The van der Waals surface area contributed by atoms with Crippen LogP contribution < -0.4 is 16.0 Å². The molecular weight excluding hydrogens is 529 g/mol. The van der Waals surface area contributed by atoms with Gasteiger partial charge in [0.15, 0.2) is 0 Å². The molecule has 1 aromatic carbocycles. The average molecular weight is 549 g/mol. The second-order valence-corrected chi connectivity index (χ2v) is 8.30. The smallest absolute Gasteiger partial charge is 0.357 e. The number of tetrazole rings is 1. The number of hydrogen-bond donors (Lipinski definition) is 4. The third-order valence-electron chi connectivity index (χ3n) is 5.15. The van der Waals surface area contributed by atoms with E-state index in [-0.39, 0.29) is 33.4 Å². The molecule has 1 unspecified atom stereocenters. The van der Waals surface area contributed by atoms with E-state index < -0.39 is 42.8 Å². The third kappa shape index (κ3) is 6.59. The lowest BCUT2D eigenvalue weighted by molar-refractivity contribution is -0.147. The van der Waals surface area contributed by atoms with Crippen LogP contribution in [0.4, 0.5) is 24.7 Å². The molecule has 0 spiro atoms. The Labute approximate surface area is 218 Å². The highest BCUT2D eigenvalue weighted by Gasteiger charge is 2.38. The van der Waals surface area contributed by atoms with Crippen LogP contribution in [0.15, 0.2) is 30.5 Å². The number of pyridine rings is 1. The summed E-state index contributed by atoms with van der Waals surface area (Å²) in [6.07, 6.45) is -3.84. The predicted octanol–water partition coefficient (Wildman–Crippen LogP) is 2.81. The molecule has 12 nitrogen and oxygen atoms in total. The van der Waals surface area contributed by atoms with Gasteiger partial charge in [0, 0.05) is 25.4 Å². The SMILES string of the molecule is CNC(=O)c1cc(C#N)cc(C)c1NC(=O)C(CC(=N)Cn1nnnc1C(F)(F)F)Nc1ncccc1Cl. The van der Waals surface area contributed by atoms with Crippen LogP contribution in [0.1, 0.15) is 33.7 Å². The second-order valence-electron chi connectivity index (χ2n) is 7.89. The molecule has 16 heteroatoms. The van der Waals surface area contributed by atoms with Gasteiger partial charge in [0.1, 0.15) is 11.9 Å². The molecule has 3 aromatic rings. The van der Waals surface area contributed by atoms with Gasteiger partial charge in [-0.2, -0.15) is 18.4 Å². The summed E-state index contributed by atoms with van der Waals surface area (Å²) in [7, 11) is 1.38. The van der Waals surface area contributed by atoms with E-state index in [1.807, 2.05) is 6.07 Å². The van der Waals surface area contributed by atoms with Gasteiger partial charge in [0.2, 0.25) is 5.91 Å². The fourth-order valence-electron chi connectivity index (χ4n) is 3.41. The summed E-state index contributed by atoms with van der Waals surface area (Å²) in [5.41, 5.74) is 0.400. The van der Waals surface area contributed by atoms with Gasteiger partial charge in [0.05, 0.1) is 34.5 Å². The van der Waals surface area contributed by atoms with Crippen molar-refractivity contribution in [3.63, 3.8) is 0 Å². The zero-order valence-electron chi connectivity index (χ0n) is 19.9. The van der Waals surface area contributed by atoms with Crippen LogP contribution in [0.3, 0.4) is 0 Å². The van der Waals surface area contributed by atoms with Gasteiger partial charge in [0.25, 0.3) is 11.7 Å². The number of amides is 2. The summed E-state index contributed by atoms with van der Waals surface area (Å²) in [4.78, 5) is 29.9. The molecule has 0 aliphatic rings. The fourth-order valence-corrected chi connectivity index (χ4v) is 3.59. The summed E-state index contributed by atoms with van der Waals surface area (Å²) in [5.74, 6) is -2.62. The highest BCUT2D eigenvalue weighted by Crippen LogP contribution is 2.27. The molecule has 0 aliphatic heterocycles. The average Bonchev–Trinajstić information content (AvgIpc) is 3.34. The highest BCUT2D eigenvalue weighted by atomic mass is 35.5. The molecule has 2 aromatic heterocycles. The van der Waals surface area contributed by atoms with Crippen molar-refractivity contribution in [2.24, 2.45) is 0 Å². The van der Waals surface area contributed by atoms with E-state index in [1.165, 1.54) is 31.4 Å². The number of nitrogens with zero attached hydrogens (tertiary/aromatic N) is 6. The van der Waals surface area contributed by atoms with Crippen LogP contribution in [0, 0.1) is 23.7 Å². The van der Waals surface area contributed by atoms with E-state index in [2.05, 4.69) is 36.5 Å². The van der Waals surface area contributed by atoms with Crippen LogP contribution in [-0.4, -0.2) is 55.8 Å². The number of anilines is 2. The lowest BCUT2D eigenvalue weighted by atomic mass is 10.0. The maximum absolute atomic E-state index is 13.4. The van der Waals surface area contributed by atoms with Crippen molar-refractivity contribution in [3.8, 4) is 6.07 Å². The lowest BCUT2D eigenvalue weighted by Crippen LogP contribution is -2.38. The molecule has 0 saturated carbocycles. The van der Waals surface area contributed by atoms with Crippen LogP contribution >= 0.6 is 11.6 Å². The molecule has 0 bridgehead atoms. The van der Waals surface area contributed by atoms with Crippen molar-refractivity contribution < 1.29 is 22.8 Å². The predicted molar refractivity (Wildman–Crippen MR) is 130 cm³/mol. The van der Waals surface area contributed by atoms with Crippen LogP contribution in [0.2, 0.25) is 5.02 Å². The van der Waals surface area contributed by atoms with E-state index in [4.69, 9.17) is 17.0 Å². The molecule has 38 heavy (non-hydrogen) atoms. The zero-order valence-corrected chi connectivity index (χ0v) is 20.6. The number of nitrogens with one attached hydrogen (secondary N) is 4. The molecule has 2 heterocycles. The summed E-state index contributed by atoms with van der Waals surface area (Å²) in [6, 6.07) is 6.50. The summed E-state index contributed by atoms with van der Waals surface area (Å²) < 4.78 is 39.8. The van der Waals surface area contributed by atoms with Crippen LogP contribution in [0.5, 0.6) is 0 Å². The Morgan fingerprint density at radius 1 is 1.32 bits per heavy atom. The van der Waals surface area contributed by atoms with Crippen molar-refractivity contribution in [1.82, 2.24) is 30.5 Å². The van der Waals surface area contributed by atoms with Crippen LogP contribution in [0.25, 0.3) is 0 Å². The standard InChI is InChI=1S/C22H20ClF3N10O2/c1-11-6-12(9-27)7-14(19(37)29-2)17(11)32-20(38)16(31-18-15(23)4-3-5-30-18)8-13(28)10-36-21(22(24,25)26)33-34-35-36/h3-7,16,28H,8,10H2,1-2H3,(H,29,37)(H,30,31)(H,32,38). The van der Waals surface area contributed by atoms with Gasteiger partial charge in [-0.05, 0) is 47.2 Å². The Bertz CT molecular complexity index is 1420. The Morgan fingerprint density at radius 3 is 2.68 bits per heavy atom. The van der Waals surface area contributed by atoms with E-state index in [0.29, 0.717) is 10.2 Å². The summed E-state index contributed by atoms with van der Waals surface area (Å²) in [5, 5.41) is 34.8. The molecule has 3 rings (SSSR count). The molecule has 0 fully saturated rings. The van der Waals surface area contributed by atoms with Gasteiger partial charge >= 0.3 is 6.18 Å². The topological polar surface area (TPSA) is 174 Å². The fraction of sp³-hybridized carbons (Fsp3) is 0.273. The minimum absolute atomic E-state index is 0.0191. The number of rotatable bonds is 9. The summed E-state index contributed by atoms with van der Waals surface area (Å²) in [6.45, 7) is 0.933. The van der Waals surface area contributed by atoms with Crippen molar-refractivity contribution in [1.29, 1.82) is 10.7 Å². The van der Waals surface area contributed by atoms with Crippen molar-refractivity contribution in [3.05, 3.63) is 58.0 Å². The van der Waals surface area contributed by atoms with Crippen LogP contribution in [-0.2, 0) is 17.5 Å². The van der Waals surface area contributed by atoms with Gasteiger partial charge < -0.3 is 21.4 Å². The zero-order chi connectivity index (χ0) is 28.0. The number of aromatic nitrogens is 5. The first-order chi connectivity index (χ1) is 17.9. The number of alkyl halides is 3. The van der Waals surface area contributed by atoms with E-state index in [9.17, 15) is 28.0 Å². The highest BCUT2D eigenvalue weighted by molar-refractivity contribution is 6.33. The Balaban J connectivity index is 1.92. The Morgan fingerprint density at radius 2 is 2.05 bits per heavy atom. The normalized spacial score (nSPS) is 11.8. The maximum Gasteiger partial charge on any atom is 0.453 e. The Hall–Kier alpha value is -4.58. The number of aryl methyl sites for hydroxylation is 1. The van der Waals surface area contributed by atoms with Crippen molar-refractivity contribution in [2.45, 2.75) is 32.1 Å². The number of carbonyl (C=O) groups is 2. The molecular formula is C22H20ClF3N10O2. The molecule has 1 atom stereocenters. The molecule has 4 N–H and O–H groups in total. The molecule has 0 radical (unpaired) electrons. The van der Waals surface area contributed by atoms with Gasteiger partial charge in [-0.3, -0.25) is 9.59 Å². The number of halogens is 4. The lowest BCUT2D eigenvalue weighted by Gasteiger charge is -2.22. The molecule has 0 saturated heterocycles. The largest absolute Gasteiger partial charge is 0.453 e. The number of carbonyl (C=O) groups excluding carboxylic acids is 2. The first kappa shape index (κ1) is 28.0. The summed E-state index contributed by atoms with van der Waals surface area (Å²) >= 11 is 6.15. The number of benzene rings is 1. The van der Waals surface area contributed by atoms with E-state index >= 15 is 0 Å². The van der Waals surface area contributed by atoms with Crippen molar-refractivity contribution in [2.75, 3.05) is 17.7 Å². The second kappa shape index (κ2) is 11.6. The van der Waals surface area contributed by atoms with E-state index in [0.717, 1.165) is 0 Å². The monoisotopic (exact) mass is 548 g/mol. The van der Waals surface area contributed by atoms with Gasteiger partial charge in [-0.1, -0.05) is 11.6 Å². The maximum atomic E-state index is 13.4. The van der Waals surface area contributed by atoms with Gasteiger partial charge in [-0.25, -0.2) is 9.67 Å². The third-order valence-corrected chi connectivity index (χ3v) is 5.45. The first-order valence-corrected chi connectivity index (χ1v) is 11.2. The molecule has 0 aliphatic carbocycles. The van der Waals surface area contributed by atoms with E-state index in [1.54, 1.807) is 13.0 Å². The van der Waals surface area contributed by atoms with Crippen molar-refractivity contribution >= 4 is 40.6 Å². The minimum Gasteiger partial charge on any atom is -0.357 e. The first-order valence-electron chi connectivity index (χ1n) is 10.8. The molecule has 2 amide bonds. The quantitative estimate of drug-likeness (QED) is 0.295. The molecule has 198 valence electrons. The number of nitriles is 1. The van der Waals surface area contributed by atoms with Gasteiger partial charge in [-0.15, -0.1) is 5.10 Å². The Kier molecular flexibility index (Phi) is 8.58. The minimum atomic E-state index is -4.84. The number of hydrogen-bond acceptors (Lipinski definition) is 9.